The SMILES string of the molecule is CCNCC1CCN(C(=O)c2sc(COc3ccc(F)cc3)nc2C)CC1. The Hall–Kier alpha value is -1.99. The number of piperidine rings is 1. The molecule has 0 bridgehead atoms. The molecule has 3 rings (SSSR count). The van der Waals surface area contributed by atoms with Crippen LogP contribution in [-0.4, -0.2) is 42.0 Å². The van der Waals surface area contributed by atoms with Gasteiger partial charge in [0.2, 0.25) is 0 Å². The van der Waals surface area contributed by atoms with E-state index in [9.17, 15) is 9.18 Å². The van der Waals surface area contributed by atoms with E-state index in [1.807, 2.05) is 11.8 Å². The number of benzene rings is 1. The van der Waals surface area contributed by atoms with Crippen LogP contribution in [0.5, 0.6) is 5.75 Å². The van der Waals surface area contributed by atoms with E-state index in [0.29, 0.717) is 16.5 Å². The maximum absolute atomic E-state index is 12.9. The zero-order valence-corrected chi connectivity index (χ0v) is 16.7. The summed E-state index contributed by atoms with van der Waals surface area (Å²) in [6.45, 7) is 7.87. The first-order valence-electron chi connectivity index (χ1n) is 9.41. The van der Waals surface area contributed by atoms with Crippen molar-refractivity contribution in [2.75, 3.05) is 26.2 Å². The number of thiazole rings is 1. The first kappa shape index (κ1) is 19.8. The van der Waals surface area contributed by atoms with E-state index in [-0.39, 0.29) is 18.3 Å². The Bertz CT molecular complexity index is 755. The van der Waals surface area contributed by atoms with Crippen LogP contribution < -0.4 is 10.1 Å². The second kappa shape index (κ2) is 9.28. The maximum Gasteiger partial charge on any atom is 0.265 e. The number of rotatable bonds is 7. The lowest BCUT2D eigenvalue weighted by Crippen LogP contribution is -2.40. The van der Waals surface area contributed by atoms with Crippen LogP contribution in [0.15, 0.2) is 24.3 Å². The number of carbonyl (C=O) groups is 1. The zero-order chi connectivity index (χ0) is 19.2. The summed E-state index contributed by atoms with van der Waals surface area (Å²) in [4.78, 5) is 20.0. The summed E-state index contributed by atoms with van der Waals surface area (Å²) in [7, 11) is 0. The predicted molar refractivity (Wildman–Crippen MR) is 105 cm³/mol. The smallest absolute Gasteiger partial charge is 0.265 e. The van der Waals surface area contributed by atoms with Gasteiger partial charge in [0, 0.05) is 13.1 Å². The summed E-state index contributed by atoms with van der Waals surface area (Å²) in [6, 6.07) is 5.88. The monoisotopic (exact) mass is 391 g/mol. The molecular formula is C20H26FN3O2S. The Morgan fingerprint density at radius 3 is 2.70 bits per heavy atom. The standard InChI is InChI=1S/C20H26FN3O2S/c1-3-22-12-15-8-10-24(11-9-15)20(25)19-14(2)23-18(27-19)13-26-17-6-4-16(21)5-7-17/h4-7,15,22H,3,8-13H2,1-2H3. The summed E-state index contributed by atoms with van der Waals surface area (Å²) in [5, 5.41) is 4.14. The van der Waals surface area contributed by atoms with Crippen LogP contribution in [0.25, 0.3) is 0 Å². The van der Waals surface area contributed by atoms with E-state index in [4.69, 9.17) is 4.74 Å². The lowest BCUT2D eigenvalue weighted by Gasteiger charge is -2.31. The van der Waals surface area contributed by atoms with E-state index >= 15 is 0 Å². The lowest BCUT2D eigenvalue weighted by molar-refractivity contribution is 0.0694. The molecule has 1 fully saturated rings. The van der Waals surface area contributed by atoms with Gasteiger partial charge in [0.05, 0.1) is 5.69 Å². The number of hydrogen-bond donors (Lipinski definition) is 1. The number of ether oxygens (including phenoxy) is 1. The van der Waals surface area contributed by atoms with Crippen LogP contribution in [0.2, 0.25) is 0 Å². The average molecular weight is 392 g/mol. The molecule has 0 atom stereocenters. The molecule has 0 saturated carbocycles. The highest BCUT2D eigenvalue weighted by molar-refractivity contribution is 7.13. The van der Waals surface area contributed by atoms with Gasteiger partial charge in [-0.3, -0.25) is 4.79 Å². The van der Waals surface area contributed by atoms with Crippen LogP contribution >= 0.6 is 11.3 Å². The highest BCUT2D eigenvalue weighted by Gasteiger charge is 2.26. The van der Waals surface area contributed by atoms with Crippen LogP contribution in [0.4, 0.5) is 4.39 Å². The number of amides is 1. The fourth-order valence-corrected chi connectivity index (χ4v) is 4.17. The van der Waals surface area contributed by atoms with Crippen molar-refractivity contribution in [1.29, 1.82) is 0 Å². The third kappa shape index (κ3) is 5.26. The Balaban J connectivity index is 1.56. The third-order valence-electron chi connectivity index (χ3n) is 4.80. The Labute approximate surface area is 163 Å². The third-order valence-corrected chi connectivity index (χ3v) is 5.91. The molecule has 1 saturated heterocycles. The summed E-state index contributed by atoms with van der Waals surface area (Å²) in [5.41, 5.74) is 0.748. The number of halogens is 1. The molecule has 1 N–H and O–H groups in total. The van der Waals surface area contributed by atoms with Gasteiger partial charge in [0.1, 0.15) is 28.1 Å². The summed E-state index contributed by atoms with van der Waals surface area (Å²) in [5.74, 6) is 1.01. The molecule has 1 aliphatic heterocycles. The molecule has 1 aromatic carbocycles. The molecule has 1 aliphatic rings. The van der Waals surface area contributed by atoms with E-state index in [1.165, 1.54) is 23.5 Å². The van der Waals surface area contributed by atoms with Crippen molar-refractivity contribution in [3.05, 3.63) is 45.7 Å². The van der Waals surface area contributed by atoms with Crippen molar-refractivity contribution in [3.8, 4) is 5.75 Å². The number of nitrogens with zero attached hydrogens (tertiary/aromatic N) is 2. The van der Waals surface area contributed by atoms with Crippen molar-refractivity contribution in [2.45, 2.75) is 33.3 Å². The molecule has 5 nitrogen and oxygen atoms in total. The minimum absolute atomic E-state index is 0.0694. The van der Waals surface area contributed by atoms with Gasteiger partial charge in [-0.05, 0) is 63.0 Å². The molecule has 27 heavy (non-hydrogen) atoms. The van der Waals surface area contributed by atoms with Gasteiger partial charge >= 0.3 is 0 Å². The van der Waals surface area contributed by atoms with Crippen molar-refractivity contribution < 1.29 is 13.9 Å². The summed E-state index contributed by atoms with van der Waals surface area (Å²) >= 11 is 1.38. The van der Waals surface area contributed by atoms with E-state index in [2.05, 4.69) is 17.2 Å². The molecule has 2 heterocycles. The minimum Gasteiger partial charge on any atom is -0.486 e. The quantitative estimate of drug-likeness (QED) is 0.783. The lowest BCUT2D eigenvalue weighted by atomic mass is 9.96. The Morgan fingerprint density at radius 2 is 2.04 bits per heavy atom. The van der Waals surface area contributed by atoms with Crippen molar-refractivity contribution >= 4 is 17.2 Å². The minimum atomic E-state index is -0.297. The zero-order valence-electron chi connectivity index (χ0n) is 15.8. The molecular weight excluding hydrogens is 365 g/mol. The number of hydrogen-bond acceptors (Lipinski definition) is 5. The van der Waals surface area contributed by atoms with Gasteiger partial charge in [0.15, 0.2) is 0 Å². The van der Waals surface area contributed by atoms with Gasteiger partial charge in [0.25, 0.3) is 5.91 Å². The molecule has 1 aromatic heterocycles. The summed E-state index contributed by atoms with van der Waals surface area (Å²) < 4.78 is 18.6. The van der Waals surface area contributed by atoms with Gasteiger partial charge in [-0.15, -0.1) is 11.3 Å². The van der Waals surface area contributed by atoms with Gasteiger partial charge in [-0.25, -0.2) is 9.37 Å². The first-order valence-corrected chi connectivity index (χ1v) is 10.2. The fraction of sp³-hybridized carbons (Fsp3) is 0.500. The molecule has 7 heteroatoms. The van der Waals surface area contributed by atoms with E-state index in [1.54, 1.807) is 12.1 Å². The Morgan fingerprint density at radius 1 is 1.33 bits per heavy atom. The second-order valence-corrected chi connectivity index (χ2v) is 7.89. The largest absolute Gasteiger partial charge is 0.486 e. The topological polar surface area (TPSA) is 54.5 Å². The molecule has 0 unspecified atom stereocenters. The van der Waals surface area contributed by atoms with Gasteiger partial charge in [-0.1, -0.05) is 6.92 Å². The van der Waals surface area contributed by atoms with E-state index < -0.39 is 0 Å². The fourth-order valence-electron chi connectivity index (χ4n) is 3.22. The second-order valence-electron chi connectivity index (χ2n) is 6.81. The summed E-state index contributed by atoms with van der Waals surface area (Å²) in [6.07, 6.45) is 2.08. The highest BCUT2D eigenvalue weighted by Crippen LogP contribution is 2.25. The average Bonchev–Trinajstić information content (AvgIpc) is 3.06. The highest BCUT2D eigenvalue weighted by atomic mass is 32.1. The van der Waals surface area contributed by atoms with Crippen LogP contribution in [0.3, 0.4) is 0 Å². The maximum atomic E-state index is 12.9. The van der Waals surface area contributed by atoms with Crippen molar-refractivity contribution in [3.63, 3.8) is 0 Å². The van der Waals surface area contributed by atoms with Crippen LogP contribution in [0.1, 0.15) is 40.1 Å². The molecule has 0 radical (unpaired) electrons. The number of aromatic nitrogens is 1. The van der Waals surface area contributed by atoms with Gasteiger partial charge < -0.3 is 15.0 Å². The molecule has 0 aliphatic carbocycles. The molecule has 1 amide bonds. The number of likely N-dealkylation sites (tertiary alicyclic amines) is 1. The first-order chi connectivity index (χ1) is 13.1. The van der Waals surface area contributed by atoms with Crippen LogP contribution in [-0.2, 0) is 6.61 Å². The predicted octanol–water partition coefficient (Wildman–Crippen LogP) is 3.63. The van der Waals surface area contributed by atoms with Crippen LogP contribution in [0, 0.1) is 18.7 Å². The number of nitrogens with one attached hydrogen (secondary N) is 1. The molecule has 0 spiro atoms. The molecule has 2 aromatic rings. The van der Waals surface area contributed by atoms with E-state index in [0.717, 1.165) is 49.7 Å². The molecule has 146 valence electrons. The van der Waals surface area contributed by atoms with Crippen molar-refractivity contribution in [1.82, 2.24) is 15.2 Å². The normalized spacial score (nSPS) is 15.1. The van der Waals surface area contributed by atoms with Gasteiger partial charge in [-0.2, -0.15) is 0 Å². The number of carbonyl (C=O) groups excluding carboxylic acids is 1. The number of aryl methyl sites for hydroxylation is 1. The van der Waals surface area contributed by atoms with Crippen molar-refractivity contribution in [2.24, 2.45) is 5.92 Å². The Kier molecular flexibility index (Phi) is 6.79.